The number of hydrogen-bond acceptors (Lipinski definition) is 4. The Balaban J connectivity index is 1.82. The summed E-state index contributed by atoms with van der Waals surface area (Å²) in [5.41, 5.74) is 2.50. The van der Waals surface area contributed by atoms with Crippen molar-refractivity contribution in [3.63, 3.8) is 0 Å². The van der Waals surface area contributed by atoms with Crippen LogP contribution in [0, 0.1) is 6.92 Å². The molecule has 0 bridgehead atoms. The van der Waals surface area contributed by atoms with E-state index in [9.17, 15) is 14.7 Å². The summed E-state index contributed by atoms with van der Waals surface area (Å²) in [5.74, 6) is -1.05. The molecule has 2 N–H and O–H groups in total. The molecular formula is C22H19NO4. The van der Waals surface area contributed by atoms with Crippen molar-refractivity contribution in [1.82, 2.24) is 0 Å². The first-order chi connectivity index (χ1) is 13.0. The average molecular weight is 361 g/mol. The van der Waals surface area contributed by atoms with Crippen molar-refractivity contribution < 1.29 is 19.4 Å². The van der Waals surface area contributed by atoms with Gasteiger partial charge in [-0.3, -0.25) is 4.79 Å². The summed E-state index contributed by atoms with van der Waals surface area (Å²) in [6.45, 7) is 1.96. The van der Waals surface area contributed by atoms with Gasteiger partial charge in [0, 0.05) is 11.3 Å². The van der Waals surface area contributed by atoms with Gasteiger partial charge in [0.25, 0.3) is 5.91 Å². The highest BCUT2D eigenvalue weighted by atomic mass is 16.5. The van der Waals surface area contributed by atoms with Crippen molar-refractivity contribution in [3.8, 4) is 5.75 Å². The summed E-state index contributed by atoms with van der Waals surface area (Å²) < 4.78 is 5.49. The minimum absolute atomic E-state index is 0.0447. The van der Waals surface area contributed by atoms with Crippen LogP contribution in [0.4, 0.5) is 5.69 Å². The van der Waals surface area contributed by atoms with Crippen molar-refractivity contribution in [2.75, 3.05) is 5.32 Å². The average Bonchev–Trinajstić information content (AvgIpc) is 2.69. The lowest BCUT2D eigenvalue weighted by Crippen LogP contribution is -2.26. The van der Waals surface area contributed by atoms with E-state index in [0.29, 0.717) is 11.3 Å². The van der Waals surface area contributed by atoms with Gasteiger partial charge in [-0.2, -0.15) is 0 Å². The van der Waals surface area contributed by atoms with E-state index in [-0.39, 0.29) is 11.3 Å². The highest BCUT2D eigenvalue weighted by Crippen LogP contribution is 2.22. The van der Waals surface area contributed by atoms with E-state index in [0.717, 1.165) is 5.56 Å². The summed E-state index contributed by atoms with van der Waals surface area (Å²) in [7, 11) is 0. The molecule has 27 heavy (non-hydrogen) atoms. The molecule has 1 amide bonds. The van der Waals surface area contributed by atoms with Gasteiger partial charge in [-0.25, -0.2) is 4.79 Å². The summed E-state index contributed by atoms with van der Waals surface area (Å²) in [4.78, 5) is 25.2. The van der Waals surface area contributed by atoms with Crippen LogP contribution in [-0.4, -0.2) is 17.0 Å². The largest absolute Gasteiger partial charge is 0.508 e. The van der Waals surface area contributed by atoms with Crippen molar-refractivity contribution in [2.24, 2.45) is 0 Å². The van der Waals surface area contributed by atoms with Gasteiger partial charge in [0.15, 0.2) is 0 Å². The number of aromatic hydroxyl groups is 1. The molecule has 0 fully saturated rings. The Morgan fingerprint density at radius 2 is 1.52 bits per heavy atom. The van der Waals surface area contributed by atoms with Crippen LogP contribution in [0.3, 0.4) is 0 Å². The highest BCUT2D eigenvalue weighted by Gasteiger charge is 2.25. The maximum atomic E-state index is 12.8. The number of aryl methyl sites for hydroxylation is 1. The maximum absolute atomic E-state index is 12.8. The van der Waals surface area contributed by atoms with E-state index in [4.69, 9.17) is 4.74 Å². The Kier molecular flexibility index (Phi) is 5.52. The fourth-order valence-electron chi connectivity index (χ4n) is 2.52. The molecule has 5 nitrogen and oxygen atoms in total. The van der Waals surface area contributed by atoms with Crippen molar-refractivity contribution >= 4 is 17.6 Å². The number of amides is 1. The zero-order valence-electron chi connectivity index (χ0n) is 14.8. The monoisotopic (exact) mass is 361 g/mol. The quantitative estimate of drug-likeness (QED) is 0.667. The summed E-state index contributed by atoms with van der Waals surface area (Å²) >= 11 is 0. The first-order valence-corrected chi connectivity index (χ1v) is 8.45. The normalized spacial score (nSPS) is 11.4. The van der Waals surface area contributed by atoms with Crippen molar-refractivity contribution in [3.05, 3.63) is 95.6 Å². The van der Waals surface area contributed by atoms with E-state index in [1.54, 1.807) is 36.4 Å². The van der Waals surface area contributed by atoms with Crippen LogP contribution in [0.15, 0.2) is 78.9 Å². The lowest BCUT2D eigenvalue weighted by molar-refractivity contribution is -0.125. The minimum Gasteiger partial charge on any atom is -0.508 e. The van der Waals surface area contributed by atoms with Crippen LogP contribution >= 0.6 is 0 Å². The first-order valence-electron chi connectivity index (χ1n) is 8.45. The van der Waals surface area contributed by atoms with Crippen LogP contribution in [0.1, 0.15) is 27.6 Å². The van der Waals surface area contributed by atoms with Crippen LogP contribution in [-0.2, 0) is 9.53 Å². The van der Waals surface area contributed by atoms with E-state index >= 15 is 0 Å². The number of esters is 1. The molecule has 5 heteroatoms. The molecule has 0 unspecified atom stereocenters. The smallest absolute Gasteiger partial charge is 0.339 e. The second-order valence-electron chi connectivity index (χ2n) is 6.10. The molecular weight excluding hydrogens is 342 g/mol. The van der Waals surface area contributed by atoms with Gasteiger partial charge >= 0.3 is 5.97 Å². The second-order valence-corrected chi connectivity index (χ2v) is 6.10. The number of carbonyl (C=O) groups excluding carboxylic acids is 2. The Morgan fingerprint density at radius 1 is 0.889 bits per heavy atom. The van der Waals surface area contributed by atoms with Gasteiger partial charge in [0.05, 0.1) is 5.56 Å². The summed E-state index contributed by atoms with van der Waals surface area (Å²) in [6, 6.07) is 21.8. The maximum Gasteiger partial charge on any atom is 0.339 e. The van der Waals surface area contributed by atoms with Gasteiger partial charge in [0.1, 0.15) is 5.75 Å². The van der Waals surface area contributed by atoms with Gasteiger partial charge in [-0.1, -0.05) is 48.0 Å². The molecule has 0 aromatic heterocycles. The van der Waals surface area contributed by atoms with Gasteiger partial charge in [0.2, 0.25) is 6.10 Å². The standard InChI is InChI=1S/C22H19NO4/c1-15-7-11-18(12-8-15)23-21(25)20(16-5-3-2-4-6-16)27-22(26)17-9-13-19(24)14-10-17/h2-14,20,24H,1H3,(H,23,25)/t20-/m1/s1. The van der Waals surface area contributed by atoms with Crippen molar-refractivity contribution in [1.29, 1.82) is 0 Å². The molecule has 0 aliphatic carbocycles. The Bertz CT molecular complexity index is 919. The molecule has 0 saturated carbocycles. The van der Waals surface area contributed by atoms with Gasteiger partial charge in [-0.15, -0.1) is 0 Å². The number of hydrogen-bond donors (Lipinski definition) is 2. The molecule has 0 heterocycles. The third kappa shape index (κ3) is 4.73. The summed E-state index contributed by atoms with van der Waals surface area (Å²) in [6.07, 6.45) is -1.10. The number of ether oxygens (including phenoxy) is 1. The number of phenolic OH excluding ortho intramolecular Hbond substituents is 1. The fourth-order valence-corrected chi connectivity index (χ4v) is 2.52. The third-order valence-corrected chi connectivity index (χ3v) is 3.99. The van der Waals surface area contributed by atoms with Crippen LogP contribution < -0.4 is 5.32 Å². The summed E-state index contributed by atoms with van der Waals surface area (Å²) in [5, 5.41) is 12.1. The number of anilines is 1. The lowest BCUT2D eigenvalue weighted by atomic mass is 10.1. The van der Waals surface area contributed by atoms with E-state index in [2.05, 4.69) is 5.32 Å². The SMILES string of the molecule is Cc1ccc(NC(=O)[C@H](OC(=O)c2ccc(O)cc2)c2ccccc2)cc1. The minimum atomic E-state index is -1.10. The second kappa shape index (κ2) is 8.19. The molecule has 0 aliphatic heterocycles. The number of carbonyl (C=O) groups is 2. The van der Waals surface area contributed by atoms with Crippen LogP contribution in [0.2, 0.25) is 0 Å². The Morgan fingerprint density at radius 3 is 2.15 bits per heavy atom. The molecule has 3 aromatic carbocycles. The Hall–Kier alpha value is -3.60. The zero-order chi connectivity index (χ0) is 19.2. The van der Waals surface area contributed by atoms with Crippen molar-refractivity contribution in [2.45, 2.75) is 13.0 Å². The zero-order valence-corrected chi connectivity index (χ0v) is 14.8. The predicted molar refractivity (Wildman–Crippen MR) is 103 cm³/mol. The fraction of sp³-hybridized carbons (Fsp3) is 0.0909. The molecule has 0 radical (unpaired) electrons. The number of nitrogens with one attached hydrogen (secondary N) is 1. The van der Waals surface area contributed by atoms with Gasteiger partial charge in [-0.05, 0) is 43.3 Å². The lowest BCUT2D eigenvalue weighted by Gasteiger charge is -2.18. The third-order valence-electron chi connectivity index (χ3n) is 3.99. The van der Waals surface area contributed by atoms with Crippen LogP contribution in [0.5, 0.6) is 5.75 Å². The molecule has 1 atom stereocenters. The highest BCUT2D eigenvalue weighted by molar-refractivity contribution is 5.98. The molecule has 136 valence electrons. The van der Waals surface area contributed by atoms with Crippen LogP contribution in [0.25, 0.3) is 0 Å². The molecule has 3 rings (SSSR count). The molecule has 3 aromatic rings. The molecule has 0 spiro atoms. The number of benzene rings is 3. The van der Waals surface area contributed by atoms with Gasteiger partial charge < -0.3 is 15.2 Å². The molecule has 0 saturated heterocycles. The predicted octanol–water partition coefficient (Wildman–Crippen LogP) is 4.24. The number of phenols is 1. The topological polar surface area (TPSA) is 75.6 Å². The van der Waals surface area contributed by atoms with E-state index in [1.165, 1.54) is 24.3 Å². The first kappa shape index (κ1) is 18.2. The van der Waals surface area contributed by atoms with E-state index < -0.39 is 18.0 Å². The van der Waals surface area contributed by atoms with E-state index in [1.807, 2.05) is 25.1 Å². The Labute approximate surface area is 157 Å². The number of rotatable bonds is 5. The molecule has 0 aliphatic rings.